The second-order valence-electron chi connectivity index (χ2n) is 6.78. The largest absolute Gasteiger partial charge is 0.403 e. The van der Waals surface area contributed by atoms with E-state index >= 15 is 0 Å². The number of allylic oxidation sites excluding steroid dienone is 2. The third kappa shape index (κ3) is 2.59. The Morgan fingerprint density at radius 1 is 1.32 bits per heavy atom. The Balaban J connectivity index is 1.49. The fourth-order valence-corrected chi connectivity index (χ4v) is 3.71. The molecule has 0 saturated heterocycles. The maximum absolute atomic E-state index is 12.6. The molecule has 0 spiro atoms. The van der Waals surface area contributed by atoms with Gasteiger partial charge in [-0.2, -0.15) is 0 Å². The number of nitro groups is 1. The Labute approximate surface area is 143 Å². The van der Waals surface area contributed by atoms with Crippen LogP contribution < -0.4 is 5.32 Å². The Morgan fingerprint density at radius 2 is 2.08 bits per heavy atom. The molecule has 4 rings (SSSR count). The Morgan fingerprint density at radius 3 is 2.68 bits per heavy atom. The van der Waals surface area contributed by atoms with Crippen LogP contribution in [-0.2, 0) is 4.79 Å². The first-order valence-corrected chi connectivity index (χ1v) is 8.04. The summed E-state index contributed by atoms with van der Waals surface area (Å²) in [5.74, 6) is 0.792. The molecule has 1 N–H and O–H groups in total. The van der Waals surface area contributed by atoms with Gasteiger partial charge in [0, 0.05) is 17.7 Å². The van der Waals surface area contributed by atoms with Gasteiger partial charge in [-0.1, -0.05) is 24.2 Å². The van der Waals surface area contributed by atoms with Gasteiger partial charge in [0.05, 0.1) is 10.3 Å². The van der Waals surface area contributed by atoms with Gasteiger partial charge < -0.3 is 4.42 Å². The molecule has 1 aromatic carbocycles. The van der Waals surface area contributed by atoms with Crippen molar-refractivity contribution in [3.8, 4) is 11.5 Å². The highest BCUT2D eigenvalue weighted by Gasteiger charge is 2.50. The Bertz CT molecular complexity index is 873. The van der Waals surface area contributed by atoms with Gasteiger partial charge in [-0.05, 0) is 36.8 Å². The molecule has 0 aliphatic heterocycles. The summed E-state index contributed by atoms with van der Waals surface area (Å²) in [5.41, 5.74) is 0.0724. The van der Waals surface area contributed by atoms with Gasteiger partial charge >= 0.3 is 6.01 Å². The van der Waals surface area contributed by atoms with Gasteiger partial charge in [0.2, 0.25) is 11.8 Å². The van der Waals surface area contributed by atoms with Gasteiger partial charge in [0.25, 0.3) is 5.69 Å². The Kier molecular flexibility index (Phi) is 3.41. The smallest absolute Gasteiger partial charge is 0.322 e. The van der Waals surface area contributed by atoms with Crippen LogP contribution in [0.25, 0.3) is 11.5 Å². The number of fused-ring (bicyclic) bond motifs is 2. The average Bonchev–Trinajstić information content (AvgIpc) is 3.31. The topological polar surface area (TPSA) is 111 Å². The molecule has 2 aromatic rings. The molecule has 1 amide bonds. The number of hydrogen-bond acceptors (Lipinski definition) is 6. The van der Waals surface area contributed by atoms with E-state index in [-0.39, 0.29) is 29.4 Å². The lowest BCUT2D eigenvalue weighted by molar-refractivity contribution is -0.384. The first-order chi connectivity index (χ1) is 12.0. The molecular formula is C17H16N4O4. The second kappa shape index (κ2) is 5.51. The summed E-state index contributed by atoms with van der Waals surface area (Å²) < 4.78 is 5.48. The zero-order chi connectivity index (χ0) is 17.6. The van der Waals surface area contributed by atoms with Crippen LogP contribution in [0.15, 0.2) is 40.8 Å². The molecule has 0 unspecified atom stereocenters. The third-order valence-electron chi connectivity index (χ3n) is 5.17. The van der Waals surface area contributed by atoms with Crippen molar-refractivity contribution >= 4 is 17.6 Å². The first kappa shape index (κ1) is 15.5. The molecule has 3 atom stereocenters. The van der Waals surface area contributed by atoms with E-state index in [4.69, 9.17) is 4.42 Å². The van der Waals surface area contributed by atoms with Gasteiger partial charge in [-0.15, -0.1) is 5.10 Å². The van der Waals surface area contributed by atoms with Crippen LogP contribution in [0.1, 0.15) is 19.8 Å². The highest BCUT2D eigenvalue weighted by Crippen LogP contribution is 2.52. The molecule has 8 heteroatoms. The number of aromatic nitrogens is 2. The minimum atomic E-state index is -0.478. The normalized spacial score (nSPS) is 26.8. The van der Waals surface area contributed by atoms with Gasteiger partial charge in [0.15, 0.2) is 0 Å². The predicted octanol–water partition coefficient (Wildman–Crippen LogP) is 3.19. The number of rotatable bonds is 4. The molecule has 1 saturated carbocycles. The minimum Gasteiger partial charge on any atom is -0.403 e. The quantitative estimate of drug-likeness (QED) is 0.520. The van der Waals surface area contributed by atoms with E-state index in [0.29, 0.717) is 11.5 Å². The number of hydrogen-bond donors (Lipinski definition) is 1. The number of carbonyl (C=O) groups is 1. The number of anilines is 1. The van der Waals surface area contributed by atoms with Gasteiger partial charge in [0.1, 0.15) is 0 Å². The molecule has 1 fully saturated rings. The van der Waals surface area contributed by atoms with Crippen molar-refractivity contribution < 1.29 is 14.1 Å². The molecule has 25 heavy (non-hydrogen) atoms. The lowest BCUT2D eigenvalue weighted by Gasteiger charge is -2.28. The van der Waals surface area contributed by atoms with Crippen LogP contribution in [0.3, 0.4) is 0 Å². The van der Waals surface area contributed by atoms with Crippen molar-refractivity contribution in [1.29, 1.82) is 0 Å². The van der Waals surface area contributed by atoms with E-state index in [2.05, 4.69) is 27.7 Å². The zero-order valence-corrected chi connectivity index (χ0v) is 13.5. The maximum atomic E-state index is 12.6. The molecule has 2 aliphatic carbocycles. The lowest BCUT2D eigenvalue weighted by Crippen LogP contribution is -2.37. The molecule has 8 nitrogen and oxygen atoms in total. The number of nitro benzene ring substituents is 1. The number of nitrogens with one attached hydrogen (secondary N) is 1. The van der Waals surface area contributed by atoms with Gasteiger partial charge in [-0.25, -0.2) is 0 Å². The maximum Gasteiger partial charge on any atom is 0.322 e. The van der Waals surface area contributed by atoms with Crippen molar-refractivity contribution in [2.24, 2.45) is 17.3 Å². The van der Waals surface area contributed by atoms with Gasteiger partial charge in [-0.3, -0.25) is 20.2 Å². The minimum absolute atomic E-state index is 0.0194. The van der Waals surface area contributed by atoms with Crippen LogP contribution in [0.5, 0.6) is 0 Å². The molecule has 128 valence electrons. The van der Waals surface area contributed by atoms with E-state index in [1.165, 1.54) is 24.3 Å². The molecule has 0 radical (unpaired) electrons. The first-order valence-electron chi connectivity index (χ1n) is 8.04. The van der Waals surface area contributed by atoms with E-state index in [1.54, 1.807) is 0 Å². The molecule has 2 bridgehead atoms. The fraction of sp³-hybridized carbons (Fsp3) is 0.353. The van der Waals surface area contributed by atoms with Crippen LogP contribution >= 0.6 is 0 Å². The monoisotopic (exact) mass is 340 g/mol. The standard InChI is InChI=1S/C17H16N4O4/c1-17(9-10-2-5-12(17)8-10)15(22)18-16-20-19-14(25-16)11-3-6-13(7-4-11)21(23)24/h2-7,10,12H,8-9H2,1H3,(H,18,20,22)/t10-,12-,17+/m0/s1. The zero-order valence-electron chi connectivity index (χ0n) is 13.5. The Hall–Kier alpha value is -3.03. The molecule has 1 heterocycles. The summed E-state index contributed by atoms with van der Waals surface area (Å²) >= 11 is 0. The fourth-order valence-electron chi connectivity index (χ4n) is 3.71. The number of amides is 1. The summed E-state index contributed by atoms with van der Waals surface area (Å²) in [6.45, 7) is 1.96. The van der Waals surface area contributed by atoms with Crippen LogP contribution in [-0.4, -0.2) is 21.0 Å². The lowest BCUT2D eigenvalue weighted by atomic mass is 9.77. The summed E-state index contributed by atoms with van der Waals surface area (Å²) in [6, 6.07) is 5.81. The van der Waals surface area contributed by atoms with Crippen molar-refractivity contribution in [2.45, 2.75) is 19.8 Å². The summed E-state index contributed by atoms with van der Waals surface area (Å²) in [6.07, 6.45) is 6.13. The van der Waals surface area contributed by atoms with Crippen molar-refractivity contribution in [3.05, 3.63) is 46.5 Å². The average molecular weight is 340 g/mol. The van der Waals surface area contributed by atoms with E-state index in [0.717, 1.165) is 12.8 Å². The number of benzene rings is 1. The molecular weight excluding hydrogens is 324 g/mol. The molecule has 1 aromatic heterocycles. The predicted molar refractivity (Wildman–Crippen MR) is 88.5 cm³/mol. The van der Waals surface area contributed by atoms with E-state index in [9.17, 15) is 14.9 Å². The van der Waals surface area contributed by atoms with E-state index in [1.807, 2.05) is 6.92 Å². The van der Waals surface area contributed by atoms with Crippen LogP contribution in [0.4, 0.5) is 11.7 Å². The number of nitrogens with zero attached hydrogens (tertiary/aromatic N) is 3. The molecule has 2 aliphatic rings. The number of carbonyl (C=O) groups excluding carboxylic acids is 1. The second-order valence-corrected chi connectivity index (χ2v) is 6.78. The summed E-state index contributed by atoms with van der Waals surface area (Å²) in [5, 5.41) is 21.1. The number of non-ortho nitro benzene ring substituents is 1. The van der Waals surface area contributed by atoms with Crippen molar-refractivity contribution in [3.63, 3.8) is 0 Å². The highest BCUT2D eigenvalue weighted by molar-refractivity contribution is 5.94. The van der Waals surface area contributed by atoms with Crippen LogP contribution in [0, 0.1) is 27.4 Å². The third-order valence-corrected chi connectivity index (χ3v) is 5.17. The highest BCUT2D eigenvalue weighted by atomic mass is 16.6. The van der Waals surface area contributed by atoms with E-state index < -0.39 is 10.3 Å². The van der Waals surface area contributed by atoms with Crippen molar-refractivity contribution in [2.75, 3.05) is 5.32 Å². The summed E-state index contributed by atoms with van der Waals surface area (Å²) in [7, 11) is 0. The summed E-state index contributed by atoms with van der Waals surface area (Å²) in [4.78, 5) is 22.9. The SMILES string of the molecule is C[C@@]1(C(=O)Nc2nnc(-c3ccc([N+](=O)[O-])cc3)o2)C[C@H]2C=C[C@H]1C2. The van der Waals surface area contributed by atoms with Crippen LogP contribution in [0.2, 0.25) is 0 Å². The van der Waals surface area contributed by atoms with Crippen molar-refractivity contribution in [1.82, 2.24) is 10.2 Å².